The average molecular weight is 519 g/mol. The van der Waals surface area contributed by atoms with E-state index in [0.717, 1.165) is 16.8 Å². The number of hydrogen-bond acceptors (Lipinski definition) is 3. The standard InChI is InChI=1S/C29H25Cl2N3O2/c1-16-8-7-13-32-28(16)34-29(36)24-17(2)33-22-14-19(18-9-4-3-5-10-18)15-23(35)26(22)25(24)20-11-6-12-21(30)27(20)31/h3-14,19,25-26,33H,15H2,1-2H3,(H,32,34,36)/p+1. The van der Waals surface area contributed by atoms with Gasteiger partial charge in [0.05, 0.1) is 27.7 Å². The van der Waals surface area contributed by atoms with E-state index >= 15 is 0 Å². The maximum absolute atomic E-state index is 13.8. The molecule has 36 heavy (non-hydrogen) atoms. The molecular weight excluding hydrogens is 493 g/mol. The lowest BCUT2D eigenvalue weighted by atomic mass is 9.68. The zero-order valence-electron chi connectivity index (χ0n) is 19.9. The summed E-state index contributed by atoms with van der Waals surface area (Å²) >= 11 is 13.1. The van der Waals surface area contributed by atoms with Crippen molar-refractivity contribution < 1.29 is 14.6 Å². The number of fused-ring (bicyclic) bond motifs is 1. The summed E-state index contributed by atoms with van der Waals surface area (Å²) in [5.41, 5.74) is 4.56. The Kier molecular flexibility index (Phi) is 6.69. The first-order valence-electron chi connectivity index (χ1n) is 11.8. The molecule has 0 fully saturated rings. The maximum atomic E-state index is 13.8. The molecule has 1 aliphatic heterocycles. The number of carbonyl (C=O) groups excluding carboxylic acids is 2. The van der Waals surface area contributed by atoms with E-state index in [1.165, 1.54) is 0 Å². The Bertz CT molecular complexity index is 1420. The number of hydrogen-bond donors (Lipinski definition) is 2. The number of benzene rings is 2. The van der Waals surface area contributed by atoms with Gasteiger partial charge in [-0.05, 0) is 43.2 Å². The van der Waals surface area contributed by atoms with Crippen LogP contribution < -0.4 is 15.6 Å². The molecule has 2 aliphatic rings. The monoisotopic (exact) mass is 518 g/mol. The lowest BCUT2D eigenvalue weighted by Crippen LogP contribution is -2.43. The molecule has 3 N–H and O–H groups in total. The van der Waals surface area contributed by atoms with Crippen LogP contribution in [-0.4, -0.2) is 11.7 Å². The van der Waals surface area contributed by atoms with Crippen molar-refractivity contribution in [2.75, 3.05) is 5.32 Å². The second-order valence-corrected chi connectivity index (χ2v) is 10.0. The van der Waals surface area contributed by atoms with Gasteiger partial charge >= 0.3 is 5.91 Å². The Hall–Kier alpha value is -3.41. The van der Waals surface area contributed by atoms with Gasteiger partial charge in [0, 0.05) is 35.2 Å². The first-order chi connectivity index (χ1) is 17.3. The minimum Gasteiger partial charge on any atom is -0.362 e. The number of aromatic amines is 1. The number of rotatable bonds is 4. The molecule has 2 heterocycles. The van der Waals surface area contributed by atoms with Crippen molar-refractivity contribution in [2.24, 2.45) is 5.92 Å². The molecule has 3 unspecified atom stereocenters. The second-order valence-electron chi connectivity index (χ2n) is 9.25. The molecule has 1 amide bonds. The molecule has 3 aromatic rings. The number of aryl methyl sites for hydroxylation is 1. The molecule has 3 atom stereocenters. The fourth-order valence-corrected chi connectivity index (χ4v) is 5.65. The Morgan fingerprint density at radius 3 is 2.53 bits per heavy atom. The summed E-state index contributed by atoms with van der Waals surface area (Å²) in [4.78, 5) is 30.6. The molecule has 5 nitrogen and oxygen atoms in total. The third-order valence-corrected chi connectivity index (χ3v) is 7.79. The third-order valence-electron chi connectivity index (χ3n) is 6.96. The van der Waals surface area contributed by atoms with E-state index in [4.69, 9.17) is 23.2 Å². The van der Waals surface area contributed by atoms with Crippen LogP contribution >= 0.6 is 23.2 Å². The first kappa shape index (κ1) is 24.3. The van der Waals surface area contributed by atoms with Crippen molar-refractivity contribution in [1.29, 1.82) is 0 Å². The molecule has 182 valence electrons. The summed E-state index contributed by atoms with van der Waals surface area (Å²) in [6.07, 6.45) is 4.21. The minimum absolute atomic E-state index is 0.0438. The van der Waals surface area contributed by atoms with Crippen LogP contribution in [0.3, 0.4) is 0 Å². The Morgan fingerprint density at radius 1 is 1.00 bits per heavy atom. The number of anilines is 1. The molecular formula is C29H26Cl2N3O2+. The smallest absolute Gasteiger partial charge is 0.337 e. The number of amides is 1. The van der Waals surface area contributed by atoms with Crippen LogP contribution in [0, 0.1) is 12.8 Å². The lowest BCUT2D eigenvalue weighted by Gasteiger charge is -2.39. The molecule has 0 spiro atoms. The molecule has 0 saturated heterocycles. The van der Waals surface area contributed by atoms with E-state index in [1.807, 2.05) is 62.4 Å². The highest BCUT2D eigenvalue weighted by molar-refractivity contribution is 6.42. The number of nitrogens with one attached hydrogen (secondary N) is 3. The maximum Gasteiger partial charge on any atom is 0.337 e. The van der Waals surface area contributed by atoms with Gasteiger partial charge in [-0.1, -0.05) is 71.7 Å². The zero-order chi connectivity index (χ0) is 25.4. The summed E-state index contributed by atoms with van der Waals surface area (Å²) in [5.74, 6) is -0.862. The van der Waals surface area contributed by atoms with Gasteiger partial charge < -0.3 is 5.32 Å². The van der Waals surface area contributed by atoms with Crippen LogP contribution in [0.5, 0.6) is 0 Å². The summed E-state index contributed by atoms with van der Waals surface area (Å²) < 4.78 is 0. The van der Waals surface area contributed by atoms with E-state index in [1.54, 1.807) is 18.3 Å². The second kappa shape index (κ2) is 9.92. The molecule has 5 rings (SSSR count). The van der Waals surface area contributed by atoms with Gasteiger partial charge in [-0.3, -0.25) is 4.79 Å². The first-order valence-corrected chi connectivity index (χ1v) is 12.6. The number of carbonyl (C=O) groups is 2. The Morgan fingerprint density at radius 2 is 1.78 bits per heavy atom. The van der Waals surface area contributed by atoms with E-state index in [2.05, 4.69) is 21.7 Å². The van der Waals surface area contributed by atoms with Gasteiger partial charge in [0.2, 0.25) is 0 Å². The molecule has 1 aromatic heterocycles. The minimum atomic E-state index is -0.586. The molecule has 1 aliphatic carbocycles. The van der Waals surface area contributed by atoms with Crippen molar-refractivity contribution in [1.82, 2.24) is 5.32 Å². The zero-order valence-corrected chi connectivity index (χ0v) is 21.5. The van der Waals surface area contributed by atoms with Crippen molar-refractivity contribution in [3.8, 4) is 0 Å². The predicted octanol–water partition coefficient (Wildman–Crippen LogP) is 5.97. The van der Waals surface area contributed by atoms with Crippen LogP contribution in [0.25, 0.3) is 0 Å². The fraction of sp³-hybridized carbons (Fsp3) is 0.207. The molecule has 0 saturated carbocycles. The van der Waals surface area contributed by atoms with Gasteiger partial charge in [-0.25, -0.2) is 15.1 Å². The third kappa shape index (κ3) is 4.45. The highest BCUT2D eigenvalue weighted by atomic mass is 35.5. The number of aromatic nitrogens is 1. The Balaban J connectivity index is 1.63. The Labute approximate surface area is 220 Å². The largest absolute Gasteiger partial charge is 0.362 e. The van der Waals surface area contributed by atoms with Gasteiger partial charge in [0.25, 0.3) is 5.82 Å². The number of pyridine rings is 1. The summed E-state index contributed by atoms with van der Waals surface area (Å²) in [6.45, 7) is 3.77. The van der Waals surface area contributed by atoms with Gasteiger partial charge in [-0.15, -0.1) is 0 Å². The summed E-state index contributed by atoms with van der Waals surface area (Å²) in [7, 11) is 0. The van der Waals surface area contributed by atoms with Crippen molar-refractivity contribution in [3.63, 3.8) is 0 Å². The summed E-state index contributed by atoms with van der Waals surface area (Å²) in [6, 6.07) is 19.1. The molecule has 0 radical (unpaired) electrons. The average Bonchev–Trinajstić information content (AvgIpc) is 2.86. The van der Waals surface area contributed by atoms with Crippen LogP contribution in [0.2, 0.25) is 10.0 Å². The number of H-pyrrole nitrogens is 1. The lowest BCUT2D eigenvalue weighted by molar-refractivity contribution is -0.361. The quantitative estimate of drug-likeness (QED) is 0.446. The SMILES string of the molecule is CC1=C(C(=O)Nc2[nH+]cccc2C)C(c2cccc(Cl)c2Cl)C2C(=O)CC(c3ccccc3)C=C2N1. The van der Waals surface area contributed by atoms with Gasteiger partial charge in [0.15, 0.2) is 0 Å². The van der Waals surface area contributed by atoms with Crippen LogP contribution in [-0.2, 0) is 9.59 Å². The van der Waals surface area contributed by atoms with Crippen molar-refractivity contribution in [3.05, 3.63) is 117 Å². The normalized spacial score (nSPS) is 21.4. The summed E-state index contributed by atoms with van der Waals surface area (Å²) in [5, 5.41) is 7.11. The van der Waals surface area contributed by atoms with Gasteiger partial charge in [-0.2, -0.15) is 0 Å². The van der Waals surface area contributed by atoms with E-state index in [-0.39, 0.29) is 17.6 Å². The highest BCUT2D eigenvalue weighted by Gasteiger charge is 2.46. The van der Waals surface area contributed by atoms with Crippen molar-refractivity contribution in [2.45, 2.75) is 32.1 Å². The molecule has 2 aromatic carbocycles. The number of halogens is 2. The number of Topliss-reactive ketones (excluding diaryl/α,β-unsaturated/α-hetero) is 1. The fourth-order valence-electron chi connectivity index (χ4n) is 5.22. The number of ketones is 1. The van der Waals surface area contributed by atoms with E-state index < -0.39 is 11.8 Å². The van der Waals surface area contributed by atoms with Crippen LogP contribution in [0.15, 0.2) is 89.9 Å². The van der Waals surface area contributed by atoms with Gasteiger partial charge in [0.1, 0.15) is 5.78 Å². The highest BCUT2D eigenvalue weighted by Crippen LogP contribution is 2.48. The number of allylic oxidation sites excluding steroid dienone is 3. The van der Waals surface area contributed by atoms with Crippen LogP contribution in [0.1, 0.15) is 41.9 Å². The van der Waals surface area contributed by atoms with E-state index in [9.17, 15) is 9.59 Å². The molecule has 7 heteroatoms. The van der Waals surface area contributed by atoms with E-state index in [0.29, 0.717) is 39.1 Å². The topological polar surface area (TPSA) is 72.3 Å². The van der Waals surface area contributed by atoms with Crippen molar-refractivity contribution >= 4 is 40.7 Å². The van der Waals surface area contributed by atoms with Crippen LogP contribution in [0.4, 0.5) is 5.82 Å². The molecule has 0 bridgehead atoms. The predicted molar refractivity (Wildman–Crippen MR) is 142 cm³/mol.